The number of carbonyl (C=O) groups excluding carboxylic acids is 2. The molecule has 154 valence electrons. The summed E-state index contributed by atoms with van der Waals surface area (Å²) < 4.78 is 32.1. The van der Waals surface area contributed by atoms with Crippen molar-refractivity contribution in [2.45, 2.75) is 12.8 Å². The summed E-state index contributed by atoms with van der Waals surface area (Å²) in [6.45, 7) is 0.187. The zero-order chi connectivity index (χ0) is 21.3. The van der Waals surface area contributed by atoms with Gasteiger partial charge in [-0.25, -0.2) is 8.78 Å². The zero-order valence-corrected chi connectivity index (χ0v) is 16.0. The molecule has 30 heavy (non-hydrogen) atoms. The second kappa shape index (κ2) is 10.2. The molecule has 0 aliphatic heterocycles. The Hall–Kier alpha value is -3.74. The predicted molar refractivity (Wildman–Crippen MR) is 110 cm³/mol. The van der Waals surface area contributed by atoms with Crippen LogP contribution in [0.4, 0.5) is 14.5 Å². The van der Waals surface area contributed by atoms with Crippen LogP contribution < -0.4 is 15.4 Å². The van der Waals surface area contributed by atoms with Gasteiger partial charge in [0.1, 0.15) is 23.1 Å². The van der Waals surface area contributed by atoms with Gasteiger partial charge in [0.15, 0.2) is 0 Å². The minimum atomic E-state index is -0.926. The summed E-state index contributed by atoms with van der Waals surface area (Å²) in [5.41, 5.74) is 0.386. The summed E-state index contributed by atoms with van der Waals surface area (Å²) >= 11 is 0. The van der Waals surface area contributed by atoms with E-state index in [0.29, 0.717) is 23.9 Å². The lowest BCUT2D eigenvalue weighted by molar-refractivity contribution is -0.116. The van der Waals surface area contributed by atoms with E-state index in [1.807, 2.05) is 30.3 Å². The van der Waals surface area contributed by atoms with E-state index in [-0.39, 0.29) is 24.4 Å². The van der Waals surface area contributed by atoms with Crippen LogP contribution in [0.5, 0.6) is 11.5 Å². The Balaban J connectivity index is 1.39. The van der Waals surface area contributed by atoms with E-state index in [4.69, 9.17) is 4.74 Å². The van der Waals surface area contributed by atoms with Gasteiger partial charge in [-0.1, -0.05) is 18.2 Å². The topological polar surface area (TPSA) is 67.4 Å². The molecule has 3 aromatic carbocycles. The Kier molecular flexibility index (Phi) is 7.10. The molecule has 0 unspecified atom stereocenters. The monoisotopic (exact) mass is 410 g/mol. The highest BCUT2D eigenvalue weighted by molar-refractivity contribution is 5.94. The molecule has 0 spiro atoms. The summed E-state index contributed by atoms with van der Waals surface area (Å²) in [7, 11) is 0. The van der Waals surface area contributed by atoms with Crippen LogP contribution in [-0.4, -0.2) is 18.4 Å². The summed E-state index contributed by atoms with van der Waals surface area (Å²) in [6, 6.07) is 19.1. The highest BCUT2D eigenvalue weighted by Gasteiger charge is 2.12. The third kappa shape index (κ3) is 6.13. The molecule has 0 atom stereocenters. The fourth-order valence-corrected chi connectivity index (χ4v) is 2.67. The molecule has 3 aromatic rings. The van der Waals surface area contributed by atoms with Crippen molar-refractivity contribution in [1.29, 1.82) is 0 Å². The van der Waals surface area contributed by atoms with Crippen LogP contribution in [0.15, 0.2) is 72.8 Å². The van der Waals surface area contributed by atoms with E-state index in [1.165, 1.54) is 0 Å². The van der Waals surface area contributed by atoms with Crippen LogP contribution in [-0.2, 0) is 4.79 Å². The van der Waals surface area contributed by atoms with E-state index in [0.717, 1.165) is 17.9 Å². The molecule has 0 bridgehead atoms. The number of anilines is 1. The van der Waals surface area contributed by atoms with Crippen LogP contribution >= 0.6 is 0 Å². The number of benzene rings is 3. The molecule has 5 nitrogen and oxygen atoms in total. The minimum Gasteiger partial charge on any atom is -0.457 e. The molecular formula is C23H20F2N2O3. The summed E-state index contributed by atoms with van der Waals surface area (Å²) in [5.74, 6) is -1.17. The van der Waals surface area contributed by atoms with E-state index in [1.54, 1.807) is 24.3 Å². The molecule has 0 aliphatic rings. The number of amides is 2. The first-order valence-electron chi connectivity index (χ1n) is 9.37. The van der Waals surface area contributed by atoms with E-state index in [9.17, 15) is 18.4 Å². The molecule has 0 aromatic heterocycles. The van der Waals surface area contributed by atoms with E-state index in [2.05, 4.69) is 10.6 Å². The third-order valence-electron chi connectivity index (χ3n) is 4.16. The highest BCUT2D eigenvalue weighted by Crippen LogP contribution is 2.22. The normalized spacial score (nSPS) is 10.3. The van der Waals surface area contributed by atoms with Gasteiger partial charge in [0.25, 0.3) is 5.91 Å². The number of hydrogen-bond acceptors (Lipinski definition) is 3. The maximum atomic E-state index is 13.6. The zero-order valence-electron chi connectivity index (χ0n) is 16.0. The van der Waals surface area contributed by atoms with Gasteiger partial charge < -0.3 is 15.4 Å². The van der Waals surface area contributed by atoms with Crippen molar-refractivity contribution in [3.63, 3.8) is 0 Å². The lowest BCUT2D eigenvalue weighted by Crippen LogP contribution is -2.26. The van der Waals surface area contributed by atoms with Crippen LogP contribution in [0.1, 0.15) is 23.2 Å². The molecule has 3 rings (SSSR count). The summed E-state index contributed by atoms with van der Waals surface area (Å²) in [4.78, 5) is 23.9. The average molecular weight is 410 g/mol. The second-order valence-electron chi connectivity index (χ2n) is 6.47. The van der Waals surface area contributed by atoms with Gasteiger partial charge in [-0.15, -0.1) is 0 Å². The van der Waals surface area contributed by atoms with Crippen molar-refractivity contribution in [3.8, 4) is 11.5 Å². The molecule has 0 saturated heterocycles. The quantitative estimate of drug-likeness (QED) is 0.519. The molecule has 0 radical (unpaired) electrons. The number of rotatable bonds is 8. The Bertz CT molecular complexity index is 1010. The van der Waals surface area contributed by atoms with Crippen molar-refractivity contribution >= 4 is 17.5 Å². The number of carbonyl (C=O) groups is 2. The second-order valence-corrected chi connectivity index (χ2v) is 6.47. The largest absolute Gasteiger partial charge is 0.457 e. The van der Waals surface area contributed by atoms with Gasteiger partial charge in [-0.2, -0.15) is 0 Å². The third-order valence-corrected chi connectivity index (χ3v) is 4.16. The van der Waals surface area contributed by atoms with Crippen LogP contribution in [0.25, 0.3) is 0 Å². The number of ether oxygens (including phenoxy) is 1. The Morgan fingerprint density at radius 3 is 2.27 bits per heavy atom. The van der Waals surface area contributed by atoms with Gasteiger partial charge in [0.05, 0.1) is 5.56 Å². The van der Waals surface area contributed by atoms with Crippen LogP contribution in [0.2, 0.25) is 0 Å². The smallest absolute Gasteiger partial charge is 0.254 e. The number of para-hydroxylation sites is 1. The Morgan fingerprint density at radius 2 is 1.57 bits per heavy atom. The summed E-state index contributed by atoms with van der Waals surface area (Å²) in [5, 5.41) is 5.27. The first-order valence-corrected chi connectivity index (χ1v) is 9.37. The van der Waals surface area contributed by atoms with E-state index >= 15 is 0 Å². The number of nitrogens with one attached hydrogen (secondary N) is 2. The van der Waals surface area contributed by atoms with Crippen molar-refractivity contribution in [2.75, 3.05) is 11.9 Å². The SMILES string of the molecule is O=C(CCCNC(=O)c1ccc(F)cc1F)Nc1ccc(Oc2ccccc2)cc1. The summed E-state index contributed by atoms with van der Waals surface area (Å²) in [6.07, 6.45) is 0.546. The van der Waals surface area contributed by atoms with Gasteiger partial charge in [0.2, 0.25) is 5.91 Å². The molecular weight excluding hydrogens is 390 g/mol. The number of hydrogen-bond donors (Lipinski definition) is 2. The Morgan fingerprint density at radius 1 is 0.867 bits per heavy atom. The predicted octanol–water partition coefficient (Wildman–Crippen LogP) is 4.91. The maximum Gasteiger partial charge on any atom is 0.254 e. The molecule has 0 fully saturated rings. The fourth-order valence-electron chi connectivity index (χ4n) is 2.67. The van der Waals surface area contributed by atoms with Gasteiger partial charge >= 0.3 is 0 Å². The first-order chi connectivity index (χ1) is 14.5. The van der Waals surface area contributed by atoms with Gasteiger partial charge in [-0.3, -0.25) is 9.59 Å². The van der Waals surface area contributed by atoms with Crippen LogP contribution in [0, 0.1) is 11.6 Å². The van der Waals surface area contributed by atoms with Gasteiger partial charge in [-0.05, 0) is 55.0 Å². The fraction of sp³-hybridized carbons (Fsp3) is 0.130. The van der Waals surface area contributed by atoms with Crippen LogP contribution in [0.3, 0.4) is 0 Å². The number of halogens is 2. The van der Waals surface area contributed by atoms with E-state index < -0.39 is 17.5 Å². The van der Waals surface area contributed by atoms with Crippen molar-refractivity contribution in [1.82, 2.24) is 5.32 Å². The van der Waals surface area contributed by atoms with Crippen molar-refractivity contribution in [2.24, 2.45) is 0 Å². The molecule has 2 N–H and O–H groups in total. The maximum absolute atomic E-state index is 13.6. The first kappa shape index (κ1) is 21.0. The Labute approximate surface area is 172 Å². The molecule has 7 heteroatoms. The highest BCUT2D eigenvalue weighted by atomic mass is 19.1. The molecule has 0 aliphatic carbocycles. The lowest BCUT2D eigenvalue weighted by Gasteiger charge is -2.09. The average Bonchev–Trinajstić information content (AvgIpc) is 2.73. The molecule has 2 amide bonds. The van der Waals surface area contributed by atoms with Gasteiger partial charge in [0, 0.05) is 24.7 Å². The molecule has 0 saturated carbocycles. The molecule has 0 heterocycles. The lowest BCUT2D eigenvalue weighted by atomic mass is 10.2. The standard InChI is InChI=1S/C23H20F2N2O3/c24-16-8-13-20(21(25)15-16)23(29)26-14-4-7-22(28)27-17-9-11-19(12-10-17)30-18-5-2-1-3-6-18/h1-3,5-6,8-13,15H,4,7,14H2,(H,26,29)(H,27,28). The minimum absolute atomic E-state index is 0.175. The van der Waals surface area contributed by atoms with Crippen molar-refractivity contribution in [3.05, 3.63) is 90.0 Å². The van der Waals surface area contributed by atoms with Crippen molar-refractivity contribution < 1.29 is 23.1 Å².